The van der Waals surface area contributed by atoms with Crippen molar-refractivity contribution in [2.45, 2.75) is 68.6 Å². The minimum Gasteiger partial charge on any atom is -0.508 e. The first kappa shape index (κ1) is 40.6. The lowest BCUT2D eigenvalue weighted by Crippen LogP contribution is -2.23. The number of sulfone groups is 3. The van der Waals surface area contributed by atoms with Crippen LogP contribution in [0, 0.1) is 0 Å². The second-order valence-electron chi connectivity index (χ2n) is 12.5. The number of ether oxygens (including phenoxy) is 4. The van der Waals surface area contributed by atoms with Gasteiger partial charge >= 0.3 is 0 Å². The Morgan fingerprint density at radius 2 is 0.526 bits per heavy atom. The first-order valence-electron chi connectivity index (χ1n) is 17.6. The van der Waals surface area contributed by atoms with E-state index < -0.39 is 42.1 Å². The van der Waals surface area contributed by atoms with Crippen LogP contribution in [0.2, 0.25) is 0 Å². The molecule has 0 bridgehead atoms. The normalized spacial score (nSPS) is 12.9. The molecular formula is C42H38O12S3. The molecule has 0 radical (unpaired) electrons. The van der Waals surface area contributed by atoms with Gasteiger partial charge in [-0.3, -0.25) is 0 Å². The van der Waals surface area contributed by atoms with Crippen molar-refractivity contribution in [1.82, 2.24) is 0 Å². The molecule has 296 valence electrons. The molecule has 2 unspecified atom stereocenters. The highest BCUT2D eigenvalue weighted by Gasteiger charge is 2.22. The SMILES string of the molecule is CCC(Oc1ccc(S(=O)(=O)c2ccc(O)cc2)cc1)Oc1ccc(S(=O)(=O)c2ccc(OC(CC)Oc3ccc(S(=O)(=O)c4ccc(O)cc4)cc3)cc2)cc1. The van der Waals surface area contributed by atoms with Crippen LogP contribution in [0.1, 0.15) is 26.7 Å². The Kier molecular flexibility index (Phi) is 12.1. The van der Waals surface area contributed by atoms with Crippen molar-refractivity contribution in [3.05, 3.63) is 146 Å². The number of hydrogen-bond acceptors (Lipinski definition) is 12. The lowest BCUT2D eigenvalue weighted by atomic mass is 10.3. The van der Waals surface area contributed by atoms with Crippen molar-refractivity contribution >= 4 is 29.5 Å². The van der Waals surface area contributed by atoms with E-state index in [4.69, 9.17) is 18.9 Å². The van der Waals surface area contributed by atoms with Gasteiger partial charge in [-0.25, -0.2) is 25.3 Å². The van der Waals surface area contributed by atoms with Gasteiger partial charge < -0.3 is 29.2 Å². The molecule has 0 saturated carbocycles. The van der Waals surface area contributed by atoms with Crippen molar-refractivity contribution in [3.8, 4) is 34.5 Å². The van der Waals surface area contributed by atoms with Gasteiger partial charge in [0.05, 0.1) is 29.4 Å². The molecule has 0 fully saturated rings. The maximum absolute atomic E-state index is 13.5. The largest absolute Gasteiger partial charge is 0.508 e. The standard InChI is InChI=1S/C42H38O12S3/c1-3-41(51-31-9-21-37(22-10-31)55(45,46)35-17-5-29(43)6-18-35)53-33-13-25-39(26-14-33)57(49,50)40-27-15-34(16-28-40)54-42(4-2)52-32-11-23-38(24-12-32)56(47,48)36-19-7-30(44)8-20-36/h5-28,41-44H,3-4H2,1-2H3. The van der Waals surface area contributed by atoms with Gasteiger partial charge in [0, 0.05) is 12.8 Å². The van der Waals surface area contributed by atoms with E-state index in [0.717, 1.165) is 0 Å². The molecule has 0 amide bonds. The van der Waals surface area contributed by atoms with E-state index in [1.54, 1.807) is 0 Å². The molecule has 6 aromatic carbocycles. The number of aromatic hydroxyl groups is 2. The fourth-order valence-corrected chi connectivity index (χ4v) is 9.22. The molecule has 2 atom stereocenters. The zero-order chi connectivity index (χ0) is 40.8. The molecule has 0 aliphatic carbocycles. The predicted octanol–water partition coefficient (Wildman–Crippen LogP) is 7.98. The molecule has 12 nitrogen and oxygen atoms in total. The fourth-order valence-electron chi connectivity index (χ4n) is 5.44. The number of rotatable bonds is 16. The second-order valence-corrected chi connectivity index (χ2v) is 18.4. The number of phenols is 2. The topological polar surface area (TPSA) is 180 Å². The minimum atomic E-state index is -3.91. The molecule has 0 aliphatic rings. The molecule has 2 N–H and O–H groups in total. The molecule has 0 aliphatic heterocycles. The summed E-state index contributed by atoms with van der Waals surface area (Å²) < 4.78 is 102. The van der Waals surface area contributed by atoms with Gasteiger partial charge in [-0.1, -0.05) is 13.8 Å². The van der Waals surface area contributed by atoms with Crippen LogP contribution in [0.4, 0.5) is 0 Å². The van der Waals surface area contributed by atoms with Crippen molar-refractivity contribution in [1.29, 1.82) is 0 Å². The van der Waals surface area contributed by atoms with Crippen LogP contribution >= 0.6 is 0 Å². The van der Waals surface area contributed by atoms with Gasteiger partial charge in [0.2, 0.25) is 42.1 Å². The number of phenolic OH excluding ortho intramolecular Hbond substituents is 2. The van der Waals surface area contributed by atoms with Crippen molar-refractivity contribution in [3.63, 3.8) is 0 Å². The van der Waals surface area contributed by atoms with Gasteiger partial charge in [-0.05, 0) is 146 Å². The van der Waals surface area contributed by atoms with Crippen molar-refractivity contribution in [2.24, 2.45) is 0 Å². The smallest absolute Gasteiger partial charge is 0.240 e. The zero-order valence-electron chi connectivity index (χ0n) is 30.6. The van der Waals surface area contributed by atoms with Crippen LogP contribution < -0.4 is 18.9 Å². The van der Waals surface area contributed by atoms with E-state index in [1.807, 2.05) is 13.8 Å². The Labute approximate surface area is 331 Å². The molecule has 0 heterocycles. The highest BCUT2D eigenvalue weighted by atomic mass is 32.2. The Morgan fingerprint density at radius 3 is 0.702 bits per heavy atom. The zero-order valence-corrected chi connectivity index (χ0v) is 33.1. The first-order chi connectivity index (χ1) is 27.2. The summed E-state index contributed by atoms with van der Waals surface area (Å²) in [5, 5.41) is 19.0. The summed E-state index contributed by atoms with van der Waals surface area (Å²) in [4.78, 5) is 0.259. The van der Waals surface area contributed by atoms with Gasteiger partial charge in [0.25, 0.3) is 0 Å². The second kappa shape index (κ2) is 17.0. The van der Waals surface area contributed by atoms with Crippen LogP contribution in [-0.2, 0) is 29.5 Å². The summed E-state index contributed by atoms with van der Waals surface area (Å²) in [6, 6.07) is 34.0. The fraction of sp³-hybridized carbons (Fsp3) is 0.143. The molecule has 0 spiro atoms. The summed E-state index contributed by atoms with van der Waals surface area (Å²) in [6.07, 6.45) is -0.680. The van der Waals surface area contributed by atoms with Crippen LogP contribution in [0.15, 0.2) is 175 Å². The minimum absolute atomic E-state index is 0.0357. The third kappa shape index (κ3) is 9.51. The molecule has 0 saturated heterocycles. The lowest BCUT2D eigenvalue weighted by Gasteiger charge is -2.20. The van der Waals surface area contributed by atoms with Gasteiger partial charge in [0.1, 0.15) is 34.5 Å². The molecular weight excluding hydrogens is 793 g/mol. The molecule has 6 rings (SSSR count). The van der Waals surface area contributed by atoms with E-state index >= 15 is 0 Å². The van der Waals surface area contributed by atoms with Gasteiger partial charge in [-0.2, -0.15) is 0 Å². The van der Waals surface area contributed by atoms with Crippen molar-refractivity contribution in [2.75, 3.05) is 0 Å². The molecule has 57 heavy (non-hydrogen) atoms. The van der Waals surface area contributed by atoms with Gasteiger partial charge in [0.15, 0.2) is 0 Å². The monoisotopic (exact) mass is 830 g/mol. The van der Waals surface area contributed by atoms with Crippen LogP contribution in [0.25, 0.3) is 0 Å². The summed E-state index contributed by atoms with van der Waals surface area (Å²) in [5.41, 5.74) is 0. The summed E-state index contributed by atoms with van der Waals surface area (Å²) in [5.74, 6) is 1.36. The number of hydrogen-bond donors (Lipinski definition) is 2. The van der Waals surface area contributed by atoms with E-state index in [9.17, 15) is 35.5 Å². The Bertz CT molecular complexity index is 2430. The molecule has 0 aromatic heterocycles. The van der Waals surface area contributed by atoms with E-state index in [1.165, 1.54) is 146 Å². The molecule has 6 aromatic rings. The van der Waals surface area contributed by atoms with Crippen molar-refractivity contribution < 1.29 is 54.4 Å². The number of benzene rings is 6. The third-order valence-electron chi connectivity index (χ3n) is 8.57. The Hall–Kier alpha value is -6.03. The third-order valence-corrected chi connectivity index (χ3v) is 13.9. The summed E-state index contributed by atoms with van der Waals surface area (Å²) >= 11 is 0. The average molecular weight is 831 g/mol. The highest BCUT2D eigenvalue weighted by Crippen LogP contribution is 2.29. The Balaban J connectivity index is 1.04. The van der Waals surface area contributed by atoms with Gasteiger partial charge in [-0.15, -0.1) is 0 Å². The van der Waals surface area contributed by atoms with Crippen LogP contribution in [0.3, 0.4) is 0 Å². The van der Waals surface area contributed by atoms with E-state index in [2.05, 4.69) is 0 Å². The maximum atomic E-state index is 13.5. The van der Waals surface area contributed by atoms with Crippen LogP contribution in [-0.4, -0.2) is 48.0 Å². The predicted molar refractivity (Wildman–Crippen MR) is 209 cm³/mol. The maximum Gasteiger partial charge on any atom is 0.240 e. The summed E-state index contributed by atoms with van der Waals surface area (Å²) in [6.45, 7) is 3.67. The first-order valence-corrected chi connectivity index (χ1v) is 22.0. The summed E-state index contributed by atoms with van der Waals surface area (Å²) in [7, 11) is -11.5. The van der Waals surface area contributed by atoms with E-state index in [0.29, 0.717) is 35.8 Å². The Morgan fingerprint density at radius 1 is 0.351 bits per heavy atom. The molecule has 15 heteroatoms. The highest BCUT2D eigenvalue weighted by molar-refractivity contribution is 7.92. The average Bonchev–Trinajstić information content (AvgIpc) is 3.21. The van der Waals surface area contributed by atoms with Crippen LogP contribution in [0.5, 0.6) is 34.5 Å². The quantitative estimate of drug-likeness (QED) is 0.0900. The lowest BCUT2D eigenvalue weighted by molar-refractivity contribution is 0.00291. The van der Waals surface area contributed by atoms with E-state index in [-0.39, 0.29) is 40.9 Å².